The van der Waals surface area contributed by atoms with Crippen LogP contribution in [0.3, 0.4) is 0 Å². The lowest BCUT2D eigenvalue weighted by molar-refractivity contribution is 0.0499. The van der Waals surface area contributed by atoms with E-state index in [2.05, 4.69) is 41.0 Å². The van der Waals surface area contributed by atoms with Crippen molar-refractivity contribution < 1.29 is 14.7 Å². The Labute approximate surface area is 366 Å². The minimum Gasteiger partial charge on any atom is -0.390 e. The summed E-state index contributed by atoms with van der Waals surface area (Å²) in [6, 6.07) is 17.7. The maximum atomic E-state index is 13.4. The second kappa shape index (κ2) is 20.3. The molecule has 4 unspecified atom stereocenters. The number of aliphatic hydroxyl groups is 1. The lowest BCUT2D eigenvalue weighted by Crippen LogP contribution is -2.66. The Morgan fingerprint density at radius 1 is 0.667 bits per heavy atom. The number of hydrogen-bond donors (Lipinski definition) is 7. The summed E-state index contributed by atoms with van der Waals surface area (Å²) in [7, 11) is 0. The van der Waals surface area contributed by atoms with E-state index in [4.69, 9.17) is 11.5 Å². The smallest absolute Gasteiger partial charge is 0.354 e. The van der Waals surface area contributed by atoms with Crippen LogP contribution in [0.1, 0.15) is 36.8 Å². The third kappa shape index (κ3) is 11.4. The molecule has 336 valence electrons. The number of nitrogens with zero attached hydrogens (tertiary/aromatic N) is 8. The molecular formula is C44H60N14O5. The second-order valence-corrected chi connectivity index (χ2v) is 17.2. The second-order valence-electron chi connectivity index (χ2n) is 17.2. The molecule has 9 N–H and O–H groups in total. The number of nitrogens with one attached hydrogen (secondary N) is 4. The number of aromatic nitrogens is 4. The molecular weight excluding hydrogens is 805 g/mol. The number of hydrogen-bond acceptors (Lipinski definition) is 13. The number of β-amino-alcohol motifs (C(OH)–C–C–N with tert-alkyl or cyclic N) is 1. The quantitative estimate of drug-likeness (QED) is 0.114. The van der Waals surface area contributed by atoms with Crippen molar-refractivity contribution in [3.05, 3.63) is 105 Å². The van der Waals surface area contributed by atoms with E-state index in [-0.39, 0.29) is 41.8 Å². The summed E-state index contributed by atoms with van der Waals surface area (Å²) in [6.45, 7) is 7.79. The van der Waals surface area contributed by atoms with Crippen LogP contribution in [0.5, 0.6) is 0 Å². The molecule has 4 aromatic rings. The van der Waals surface area contributed by atoms with E-state index >= 15 is 0 Å². The van der Waals surface area contributed by atoms with Gasteiger partial charge in [0.05, 0.1) is 17.5 Å². The summed E-state index contributed by atoms with van der Waals surface area (Å²) < 4.78 is 2.87. The molecule has 2 aromatic carbocycles. The van der Waals surface area contributed by atoms with Crippen molar-refractivity contribution in [3.63, 3.8) is 0 Å². The van der Waals surface area contributed by atoms with Gasteiger partial charge in [0, 0.05) is 102 Å². The number of nitrogens with two attached hydrogens (primary N) is 2. The zero-order valence-electron chi connectivity index (χ0n) is 35.6. The average molecular weight is 865 g/mol. The summed E-state index contributed by atoms with van der Waals surface area (Å²) in [4.78, 5) is 69.2. The van der Waals surface area contributed by atoms with E-state index in [0.717, 1.165) is 63.8 Å². The van der Waals surface area contributed by atoms with Crippen LogP contribution >= 0.6 is 0 Å². The Hall–Kier alpha value is -5.54. The number of piperazine rings is 2. The van der Waals surface area contributed by atoms with E-state index in [9.17, 15) is 24.3 Å². The van der Waals surface area contributed by atoms with Gasteiger partial charge in [0.2, 0.25) is 0 Å². The van der Waals surface area contributed by atoms with Gasteiger partial charge in [-0.15, -0.1) is 0 Å². The number of carbonyl (C=O) groups excluding carboxylic acids is 2. The molecule has 4 aliphatic rings. The third-order valence-corrected chi connectivity index (χ3v) is 12.7. The topological polar surface area (TPSA) is 237 Å². The van der Waals surface area contributed by atoms with Crippen LogP contribution in [0.2, 0.25) is 0 Å². The molecule has 6 heterocycles. The van der Waals surface area contributed by atoms with Crippen molar-refractivity contribution in [2.24, 2.45) is 11.5 Å². The third-order valence-electron chi connectivity index (χ3n) is 12.7. The molecule has 5 atom stereocenters. The summed E-state index contributed by atoms with van der Waals surface area (Å²) in [5.74, 6) is 0.313. The summed E-state index contributed by atoms with van der Waals surface area (Å²) in [5.41, 5.74) is 14.6. The molecule has 0 aliphatic carbocycles. The van der Waals surface area contributed by atoms with Gasteiger partial charge >= 0.3 is 23.4 Å². The molecule has 19 heteroatoms. The summed E-state index contributed by atoms with van der Waals surface area (Å²) >= 11 is 0. The van der Waals surface area contributed by atoms with Crippen LogP contribution < -0.4 is 44.1 Å². The number of anilines is 2. The van der Waals surface area contributed by atoms with Gasteiger partial charge in [-0.25, -0.2) is 19.2 Å². The molecule has 8 rings (SSSR count). The van der Waals surface area contributed by atoms with Crippen molar-refractivity contribution in [1.82, 2.24) is 49.3 Å². The zero-order valence-corrected chi connectivity index (χ0v) is 35.6. The van der Waals surface area contributed by atoms with Crippen molar-refractivity contribution in [3.8, 4) is 11.4 Å². The van der Waals surface area contributed by atoms with Crippen LogP contribution in [0.15, 0.2) is 82.6 Å². The number of carbonyl (C=O) groups is 2. The molecule has 4 aliphatic heterocycles. The maximum Gasteiger partial charge on any atom is 0.354 e. The molecule has 0 bridgehead atoms. The summed E-state index contributed by atoms with van der Waals surface area (Å²) in [5, 5.41) is 22.7. The number of piperidine rings is 1. The molecule has 0 saturated carbocycles. The fraction of sp³-hybridized carbons (Fsp3) is 0.500. The van der Waals surface area contributed by atoms with Crippen molar-refractivity contribution >= 4 is 23.7 Å². The Morgan fingerprint density at radius 2 is 1.21 bits per heavy atom. The monoisotopic (exact) mass is 864 g/mol. The average Bonchev–Trinajstić information content (AvgIpc) is 3.51. The molecule has 0 radical (unpaired) electrons. The molecule has 2 aromatic heterocycles. The van der Waals surface area contributed by atoms with Gasteiger partial charge in [0.15, 0.2) is 0 Å². The highest BCUT2D eigenvalue weighted by molar-refractivity contribution is 5.89. The Morgan fingerprint density at radius 3 is 1.75 bits per heavy atom. The molecule has 4 saturated heterocycles. The Bertz CT molecular complexity index is 2310. The largest absolute Gasteiger partial charge is 0.390 e. The lowest BCUT2D eigenvalue weighted by atomic mass is 10.0. The minimum absolute atomic E-state index is 0.146. The van der Waals surface area contributed by atoms with E-state index in [1.54, 1.807) is 34.3 Å². The van der Waals surface area contributed by atoms with Crippen LogP contribution in [0.4, 0.5) is 21.2 Å². The Kier molecular flexibility index (Phi) is 14.2. The van der Waals surface area contributed by atoms with Crippen molar-refractivity contribution in [2.45, 2.75) is 68.9 Å². The fourth-order valence-corrected chi connectivity index (χ4v) is 8.87. The van der Waals surface area contributed by atoms with Gasteiger partial charge in [-0.05, 0) is 92.7 Å². The fourth-order valence-electron chi connectivity index (χ4n) is 8.87. The number of benzene rings is 2. The number of urea groups is 2. The van der Waals surface area contributed by atoms with Crippen molar-refractivity contribution in [1.29, 1.82) is 0 Å². The highest BCUT2D eigenvalue weighted by Crippen LogP contribution is 2.17. The highest BCUT2D eigenvalue weighted by Gasteiger charge is 2.34. The number of likely N-dealkylation sites (tertiary alicyclic amines) is 2. The van der Waals surface area contributed by atoms with Crippen LogP contribution in [0, 0.1) is 0 Å². The first-order chi connectivity index (χ1) is 30.5. The first-order valence-corrected chi connectivity index (χ1v) is 22.2. The predicted molar refractivity (Wildman–Crippen MR) is 240 cm³/mol. The highest BCUT2D eigenvalue weighted by atomic mass is 16.3. The predicted octanol–water partition coefficient (Wildman–Crippen LogP) is 0.340. The molecule has 4 amide bonds. The molecule has 19 nitrogen and oxygen atoms in total. The number of aliphatic hydroxyl groups excluding tert-OH is 1. The number of amides is 4. The molecule has 63 heavy (non-hydrogen) atoms. The van der Waals surface area contributed by atoms with Gasteiger partial charge in [-0.1, -0.05) is 24.3 Å². The first kappa shape index (κ1) is 44.1. The maximum absolute atomic E-state index is 13.4. The standard InChI is InChI=1S/C44H60N14O5/c45-32-2-1-18-53(20-12-32)19-11-30-3-7-33(8-4-30)57-22-14-39(51-43(57)62)49-41(60)55-24-16-47-36(27-55)37-28-56(25-17-48-37)42(61)50-40-15-23-58(44(63)52-40)34-9-5-31(6-10-34)26-54-21-13-35(46)38(59)29-54/h3-10,14-15,22-23,32,35-38,47-48,59H,1-2,11-13,16-21,24-29,45-46H2,(H,49,51,60,62)(H,50,52,61,63)/t32?,35-,36?,37?,38?/m1/s1. The Balaban J connectivity index is 0.802. The summed E-state index contributed by atoms with van der Waals surface area (Å²) in [6.07, 6.45) is 7.58. The van der Waals surface area contributed by atoms with E-state index < -0.39 is 17.5 Å². The van der Waals surface area contributed by atoms with Gasteiger partial charge in [-0.3, -0.25) is 24.7 Å². The first-order valence-electron chi connectivity index (χ1n) is 22.2. The number of rotatable bonds is 10. The van der Waals surface area contributed by atoms with E-state index in [1.165, 1.54) is 14.7 Å². The molecule has 4 fully saturated rings. The van der Waals surface area contributed by atoms with Gasteiger partial charge < -0.3 is 41.9 Å². The zero-order chi connectivity index (χ0) is 43.9. The molecule has 0 spiro atoms. The van der Waals surface area contributed by atoms with Gasteiger partial charge in [0.25, 0.3) is 0 Å². The van der Waals surface area contributed by atoms with Gasteiger partial charge in [0.1, 0.15) is 11.6 Å². The lowest BCUT2D eigenvalue weighted by Gasteiger charge is -2.42. The van der Waals surface area contributed by atoms with E-state index in [1.807, 2.05) is 48.5 Å². The van der Waals surface area contributed by atoms with Gasteiger partial charge in [-0.2, -0.15) is 9.97 Å². The van der Waals surface area contributed by atoms with Crippen LogP contribution in [-0.2, 0) is 13.0 Å². The van der Waals surface area contributed by atoms with Crippen LogP contribution in [0.25, 0.3) is 11.4 Å². The van der Waals surface area contributed by atoms with Crippen LogP contribution in [-0.4, -0.2) is 158 Å². The minimum atomic E-state index is -0.541. The SMILES string of the molecule is NC1CCCN(CCc2ccc(-n3ccc(NC(=O)N4CCNC(C5CN(C(=O)Nc6ccn(-c7ccc(CN8CC[C@@H](N)C(O)C8)cc7)c(=O)n6)CCN5)C4)nc3=O)cc2)CC1. The normalized spacial score (nSPS) is 23.8. The van der Waals surface area contributed by atoms with E-state index in [0.29, 0.717) is 69.8 Å². The van der Waals surface area contributed by atoms with Crippen molar-refractivity contribution in [2.75, 3.05) is 82.6 Å².